The first-order valence-corrected chi connectivity index (χ1v) is 10.1. The van der Waals surface area contributed by atoms with Gasteiger partial charge >= 0.3 is 0 Å². The highest BCUT2D eigenvalue weighted by molar-refractivity contribution is 14.0. The van der Waals surface area contributed by atoms with Gasteiger partial charge in [0.1, 0.15) is 23.3 Å². The predicted octanol–water partition coefficient (Wildman–Crippen LogP) is 3.94. The zero-order chi connectivity index (χ0) is 22.2. The normalized spacial score (nSPS) is 11.9. The Morgan fingerprint density at radius 3 is 2.53 bits per heavy atom. The van der Waals surface area contributed by atoms with Crippen molar-refractivity contribution in [2.75, 3.05) is 19.3 Å². The molecule has 2 aromatic carbocycles. The third kappa shape index (κ3) is 6.20. The van der Waals surface area contributed by atoms with Crippen LogP contribution in [0.25, 0.3) is 5.69 Å². The number of nitriles is 1. The molecular weight excluding hydrogens is 520 g/mol. The summed E-state index contributed by atoms with van der Waals surface area (Å²) < 4.78 is 14.7. The van der Waals surface area contributed by atoms with Gasteiger partial charge in [-0.05, 0) is 49.6 Å². The van der Waals surface area contributed by atoms with E-state index in [1.165, 1.54) is 22.4 Å². The lowest BCUT2D eigenvalue weighted by Crippen LogP contribution is -2.39. The van der Waals surface area contributed by atoms with Crippen molar-refractivity contribution < 1.29 is 4.39 Å². The number of nitrogens with one attached hydrogen (secondary N) is 2. The zero-order valence-electron chi connectivity index (χ0n) is 18.0. The third-order valence-corrected chi connectivity index (χ3v) is 4.94. The Morgan fingerprint density at radius 2 is 1.91 bits per heavy atom. The number of halogens is 2. The number of hydrogen-bond acceptors (Lipinski definition) is 4. The summed E-state index contributed by atoms with van der Waals surface area (Å²) in [6, 6.07) is 18.2. The molecule has 1 atom stereocenters. The van der Waals surface area contributed by atoms with E-state index in [1.807, 2.05) is 18.2 Å². The molecule has 9 heteroatoms. The number of aromatic nitrogens is 2. The maximum Gasteiger partial charge on any atom is 0.191 e. The average Bonchev–Trinajstić information content (AvgIpc) is 3.11. The van der Waals surface area contributed by atoms with Gasteiger partial charge in [0.05, 0.1) is 17.4 Å². The maximum absolute atomic E-state index is 13.2. The molecule has 0 fully saturated rings. The number of nitrogens with two attached hydrogens (primary N) is 1. The first kappa shape index (κ1) is 25.1. The van der Waals surface area contributed by atoms with E-state index < -0.39 is 0 Å². The molecule has 4 N–H and O–H groups in total. The zero-order valence-corrected chi connectivity index (χ0v) is 20.4. The van der Waals surface area contributed by atoms with Crippen LogP contribution in [0.1, 0.15) is 36.2 Å². The second-order valence-corrected chi connectivity index (χ2v) is 7.09. The molecule has 0 spiro atoms. The highest BCUT2D eigenvalue weighted by Crippen LogP contribution is 2.21. The van der Waals surface area contributed by atoms with Crippen molar-refractivity contribution in [3.05, 3.63) is 77.2 Å². The number of aryl methyl sites for hydroxylation is 1. The minimum atomic E-state index is -0.343. The van der Waals surface area contributed by atoms with Crippen LogP contribution in [0.4, 0.5) is 10.2 Å². The van der Waals surface area contributed by atoms with Crippen molar-refractivity contribution in [3.63, 3.8) is 0 Å². The summed E-state index contributed by atoms with van der Waals surface area (Å²) in [4.78, 5) is 4.27. The fourth-order valence-electron chi connectivity index (χ4n) is 3.24. The van der Waals surface area contributed by atoms with Crippen LogP contribution < -0.4 is 16.4 Å². The standard InChI is InChI=1S/C23H26FN7.HI/c1-16(17-7-4-3-5-8-17)29-23(27-2)28-14-6-9-21-20(15-25)22(26)31(30-21)19-12-10-18(24)11-13-19;/h3-5,7-8,10-13,16H,6,9,14,26H2,1-2H3,(H2,27,28,29);1H. The molecule has 7 nitrogen and oxygen atoms in total. The van der Waals surface area contributed by atoms with Crippen LogP contribution >= 0.6 is 24.0 Å². The van der Waals surface area contributed by atoms with Crippen molar-refractivity contribution >= 4 is 35.8 Å². The van der Waals surface area contributed by atoms with E-state index in [4.69, 9.17) is 5.73 Å². The van der Waals surface area contributed by atoms with Gasteiger partial charge in [-0.2, -0.15) is 10.4 Å². The lowest BCUT2D eigenvalue weighted by molar-refractivity contribution is 0.627. The number of nitrogens with zero attached hydrogens (tertiary/aromatic N) is 4. The number of rotatable bonds is 7. The summed E-state index contributed by atoms with van der Waals surface area (Å²) in [5, 5.41) is 20.6. The highest BCUT2D eigenvalue weighted by Gasteiger charge is 2.16. The minimum absolute atomic E-state index is 0. The van der Waals surface area contributed by atoms with Crippen molar-refractivity contribution in [3.8, 4) is 11.8 Å². The molecule has 0 aliphatic carbocycles. The van der Waals surface area contributed by atoms with Gasteiger partial charge in [0.2, 0.25) is 0 Å². The molecule has 1 heterocycles. The van der Waals surface area contributed by atoms with Gasteiger partial charge < -0.3 is 16.4 Å². The maximum atomic E-state index is 13.2. The Bertz CT molecular complexity index is 1070. The molecule has 1 unspecified atom stereocenters. The van der Waals surface area contributed by atoms with Gasteiger partial charge in [0.25, 0.3) is 0 Å². The van der Waals surface area contributed by atoms with Crippen LogP contribution in [-0.2, 0) is 6.42 Å². The number of aliphatic imine (C=N–C) groups is 1. The molecule has 0 aliphatic heterocycles. The lowest BCUT2D eigenvalue weighted by Gasteiger charge is -2.18. The molecule has 0 bridgehead atoms. The van der Waals surface area contributed by atoms with Crippen LogP contribution in [0.5, 0.6) is 0 Å². The monoisotopic (exact) mass is 547 g/mol. The van der Waals surface area contributed by atoms with Gasteiger partial charge in [-0.15, -0.1) is 24.0 Å². The van der Waals surface area contributed by atoms with Crippen LogP contribution in [-0.4, -0.2) is 29.3 Å². The number of benzene rings is 2. The number of guanidine groups is 1. The van der Waals surface area contributed by atoms with Crippen molar-refractivity contribution in [2.45, 2.75) is 25.8 Å². The molecule has 168 valence electrons. The van der Waals surface area contributed by atoms with Crippen LogP contribution in [0.3, 0.4) is 0 Å². The third-order valence-electron chi connectivity index (χ3n) is 4.94. The molecular formula is C23H27FIN7. The smallest absolute Gasteiger partial charge is 0.191 e. The van der Waals surface area contributed by atoms with Crippen molar-refractivity contribution in [1.29, 1.82) is 5.26 Å². The lowest BCUT2D eigenvalue weighted by atomic mass is 10.1. The van der Waals surface area contributed by atoms with E-state index >= 15 is 0 Å². The van der Waals surface area contributed by atoms with E-state index in [0.29, 0.717) is 35.9 Å². The number of hydrogen-bond donors (Lipinski definition) is 3. The Labute approximate surface area is 204 Å². The number of anilines is 1. The van der Waals surface area contributed by atoms with E-state index in [-0.39, 0.29) is 41.7 Å². The van der Waals surface area contributed by atoms with E-state index in [0.717, 1.165) is 6.42 Å². The second-order valence-electron chi connectivity index (χ2n) is 7.09. The predicted molar refractivity (Wildman–Crippen MR) is 136 cm³/mol. The summed E-state index contributed by atoms with van der Waals surface area (Å²) >= 11 is 0. The first-order valence-electron chi connectivity index (χ1n) is 10.1. The van der Waals surface area contributed by atoms with Gasteiger partial charge in [-0.3, -0.25) is 4.99 Å². The summed E-state index contributed by atoms with van der Waals surface area (Å²) in [6.07, 6.45) is 1.30. The fraction of sp³-hybridized carbons (Fsp3) is 0.261. The molecule has 3 aromatic rings. The van der Waals surface area contributed by atoms with E-state index in [9.17, 15) is 9.65 Å². The largest absolute Gasteiger partial charge is 0.382 e. The molecule has 0 saturated heterocycles. The molecule has 0 radical (unpaired) electrons. The first-order chi connectivity index (χ1) is 15.0. The van der Waals surface area contributed by atoms with Crippen molar-refractivity contribution in [2.24, 2.45) is 4.99 Å². The Hall–Kier alpha value is -3.13. The minimum Gasteiger partial charge on any atom is -0.382 e. The topological polar surface area (TPSA) is 104 Å². The molecule has 3 rings (SSSR count). The van der Waals surface area contributed by atoms with Crippen molar-refractivity contribution in [1.82, 2.24) is 20.4 Å². The van der Waals surface area contributed by atoms with Gasteiger partial charge in [-0.1, -0.05) is 30.3 Å². The number of nitrogen functional groups attached to an aromatic ring is 1. The summed E-state index contributed by atoms with van der Waals surface area (Å²) in [6.45, 7) is 2.72. The Balaban J connectivity index is 0.00000363. The van der Waals surface area contributed by atoms with Gasteiger partial charge in [-0.25, -0.2) is 9.07 Å². The summed E-state index contributed by atoms with van der Waals surface area (Å²) in [5.41, 5.74) is 8.86. The second kappa shape index (κ2) is 12.0. The quantitative estimate of drug-likeness (QED) is 0.180. The van der Waals surface area contributed by atoms with Crippen LogP contribution in [0, 0.1) is 17.1 Å². The molecule has 0 aliphatic rings. The van der Waals surface area contributed by atoms with Gasteiger partial charge in [0, 0.05) is 13.6 Å². The molecule has 0 saturated carbocycles. The summed E-state index contributed by atoms with van der Waals surface area (Å²) in [7, 11) is 1.73. The molecule has 0 amide bonds. The Morgan fingerprint density at radius 1 is 1.22 bits per heavy atom. The van der Waals surface area contributed by atoms with E-state index in [2.05, 4.69) is 45.9 Å². The molecule has 1 aromatic heterocycles. The highest BCUT2D eigenvalue weighted by atomic mass is 127. The summed E-state index contributed by atoms with van der Waals surface area (Å²) in [5.74, 6) is 0.615. The van der Waals surface area contributed by atoms with Crippen LogP contribution in [0.15, 0.2) is 59.6 Å². The van der Waals surface area contributed by atoms with Gasteiger partial charge in [0.15, 0.2) is 5.96 Å². The molecule has 32 heavy (non-hydrogen) atoms. The average molecular weight is 547 g/mol. The Kier molecular flexibility index (Phi) is 9.46. The van der Waals surface area contributed by atoms with Crippen LogP contribution in [0.2, 0.25) is 0 Å². The SMILES string of the molecule is CN=C(NCCCc1nn(-c2ccc(F)cc2)c(N)c1C#N)NC(C)c1ccccc1.I. The van der Waals surface area contributed by atoms with E-state index in [1.54, 1.807) is 19.2 Å². The fourth-order valence-corrected chi connectivity index (χ4v) is 3.24.